The molecule has 29 heavy (non-hydrogen) atoms. The highest BCUT2D eigenvalue weighted by molar-refractivity contribution is 5.92. The standard InChI is InChI=1S/C17H21F3N6O.2ClH/c1-21-7-4-12-5-8-25(9-6-12)16(27)14-11-26(24-23-14)15-3-2-13(10-22-15)17(18,19)20;;/h2-3,10-12,21H,4-9H2,1H3;2*1H. The molecule has 1 fully saturated rings. The largest absolute Gasteiger partial charge is 0.417 e. The number of rotatable bonds is 5. The van der Waals surface area contributed by atoms with Crippen LogP contribution < -0.4 is 5.32 Å². The number of carbonyl (C=O) groups excluding carboxylic acids is 1. The average molecular weight is 455 g/mol. The SMILES string of the molecule is CNCCC1CCN(C(=O)c2cn(-c3ccc(C(F)(F)F)cn3)nn2)CC1.Cl.Cl. The Morgan fingerprint density at radius 1 is 1.24 bits per heavy atom. The Labute approximate surface area is 178 Å². The zero-order chi connectivity index (χ0) is 19.4. The number of amides is 1. The van der Waals surface area contributed by atoms with E-state index in [0.29, 0.717) is 19.0 Å². The predicted octanol–water partition coefficient (Wildman–Crippen LogP) is 2.99. The highest BCUT2D eigenvalue weighted by Crippen LogP contribution is 2.28. The Hall–Kier alpha value is -1.91. The van der Waals surface area contributed by atoms with Crippen molar-refractivity contribution in [3.63, 3.8) is 0 Å². The first-order chi connectivity index (χ1) is 12.9. The van der Waals surface area contributed by atoms with Crippen LogP contribution in [0.15, 0.2) is 24.5 Å². The van der Waals surface area contributed by atoms with E-state index in [1.54, 1.807) is 4.90 Å². The lowest BCUT2D eigenvalue weighted by atomic mass is 9.93. The van der Waals surface area contributed by atoms with Gasteiger partial charge in [-0.1, -0.05) is 5.21 Å². The summed E-state index contributed by atoms with van der Waals surface area (Å²) in [6.07, 6.45) is 0.659. The summed E-state index contributed by atoms with van der Waals surface area (Å²) in [5.41, 5.74) is -0.686. The molecule has 0 radical (unpaired) electrons. The van der Waals surface area contributed by atoms with E-state index in [2.05, 4.69) is 20.6 Å². The number of halogens is 5. The smallest absolute Gasteiger partial charge is 0.337 e. The second-order valence-electron chi connectivity index (χ2n) is 6.58. The summed E-state index contributed by atoms with van der Waals surface area (Å²) in [6, 6.07) is 2.11. The van der Waals surface area contributed by atoms with Gasteiger partial charge >= 0.3 is 6.18 Å². The number of hydrogen-bond donors (Lipinski definition) is 1. The minimum atomic E-state index is -4.45. The molecule has 0 aromatic carbocycles. The second-order valence-corrected chi connectivity index (χ2v) is 6.58. The Kier molecular flexibility index (Phi) is 9.31. The summed E-state index contributed by atoms with van der Waals surface area (Å²) < 4.78 is 39.0. The Morgan fingerprint density at radius 2 is 1.93 bits per heavy atom. The maximum Gasteiger partial charge on any atom is 0.417 e. The minimum Gasteiger partial charge on any atom is -0.337 e. The molecule has 2 aromatic heterocycles. The van der Waals surface area contributed by atoms with Crippen molar-refractivity contribution >= 4 is 30.7 Å². The number of nitrogens with one attached hydrogen (secondary N) is 1. The van der Waals surface area contributed by atoms with E-state index in [1.165, 1.54) is 16.9 Å². The molecule has 0 saturated carbocycles. The molecule has 1 amide bonds. The lowest BCUT2D eigenvalue weighted by Crippen LogP contribution is -2.39. The van der Waals surface area contributed by atoms with E-state index < -0.39 is 11.7 Å². The molecule has 12 heteroatoms. The van der Waals surface area contributed by atoms with Crippen molar-refractivity contribution in [3.8, 4) is 5.82 Å². The van der Waals surface area contributed by atoms with E-state index >= 15 is 0 Å². The first-order valence-electron chi connectivity index (χ1n) is 8.78. The predicted molar refractivity (Wildman–Crippen MR) is 106 cm³/mol. The van der Waals surface area contributed by atoms with E-state index in [4.69, 9.17) is 0 Å². The molecule has 0 spiro atoms. The van der Waals surface area contributed by atoms with E-state index in [0.717, 1.165) is 38.1 Å². The van der Waals surface area contributed by atoms with Crippen molar-refractivity contribution in [2.24, 2.45) is 5.92 Å². The van der Waals surface area contributed by atoms with E-state index in [-0.39, 0.29) is 42.2 Å². The maximum absolute atomic E-state index is 12.6. The fraction of sp³-hybridized carbons (Fsp3) is 0.529. The van der Waals surface area contributed by atoms with Crippen molar-refractivity contribution in [2.75, 3.05) is 26.7 Å². The molecule has 1 aliphatic rings. The van der Waals surface area contributed by atoms with Crippen molar-refractivity contribution in [3.05, 3.63) is 35.8 Å². The maximum atomic E-state index is 12.6. The molecule has 1 N–H and O–H groups in total. The van der Waals surface area contributed by atoms with Crippen molar-refractivity contribution in [1.82, 2.24) is 30.2 Å². The zero-order valence-electron chi connectivity index (χ0n) is 15.7. The number of likely N-dealkylation sites (tertiary alicyclic amines) is 1. The molecule has 1 aliphatic heterocycles. The van der Waals surface area contributed by atoms with Crippen LogP contribution in [0.25, 0.3) is 5.82 Å². The monoisotopic (exact) mass is 454 g/mol. The van der Waals surface area contributed by atoms with Crippen LogP contribution in [0.1, 0.15) is 35.3 Å². The Bertz CT molecular complexity index is 776. The molecular weight excluding hydrogens is 432 g/mol. The van der Waals surface area contributed by atoms with Crippen LogP contribution in [0.3, 0.4) is 0 Å². The van der Waals surface area contributed by atoms with Gasteiger partial charge in [0.25, 0.3) is 5.91 Å². The van der Waals surface area contributed by atoms with Crippen LogP contribution >= 0.6 is 24.8 Å². The van der Waals surface area contributed by atoms with Crippen LogP contribution in [0.5, 0.6) is 0 Å². The summed E-state index contributed by atoms with van der Waals surface area (Å²) in [7, 11) is 1.92. The van der Waals surface area contributed by atoms with Gasteiger partial charge in [0, 0.05) is 19.3 Å². The van der Waals surface area contributed by atoms with Gasteiger partial charge in [0.2, 0.25) is 0 Å². The fourth-order valence-electron chi connectivity index (χ4n) is 3.10. The highest BCUT2D eigenvalue weighted by atomic mass is 35.5. The minimum absolute atomic E-state index is 0. The molecule has 162 valence electrons. The molecule has 3 rings (SSSR count). The summed E-state index contributed by atoms with van der Waals surface area (Å²) >= 11 is 0. The molecule has 0 unspecified atom stereocenters. The fourth-order valence-corrected chi connectivity index (χ4v) is 3.10. The number of alkyl halides is 3. The van der Waals surface area contributed by atoms with Crippen LogP contribution in [-0.4, -0.2) is 57.5 Å². The normalized spacial score (nSPS) is 14.8. The number of piperidine rings is 1. The van der Waals surface area contributed by atoms with Gasteiger partial charge in [0.15, 0.2) is 11.5 Å². The quantitative estimate of drug-likeness (QED) is 0.751. The highest BCUT2D eigenvalue weighted by Gasteiger charge is 2.31. The molecule has 2 aromatic rings. The number of hydrogen-bond acceptors (Lipinski definition) is 5. The summed E-state index contributed by atoms with van der Waals surface area (Å²) in [6.45, 7) is 2.30. The number of pyridine rings is 1. The van der Waals surface area contributed by atoms with Gasteiger partial charge in [-0.05, 0) is 50.9 Å². The Balaban J connectivity index is 0.00000210. The second kappa shape index (κ2) is 10.7. The van der Waals surface area contributed by atoms with Gasteiger partial charge in [-0.25, -0.2) is 9.67 Å². The first kappa shape index (κ1) is 25.1. The molecular formula is C17H23Cl2F3N6O. The molecule has 1 saturated heterocycles. The zero-order valence-corrected chi connectivity index (χ0v) is 17.4. The topological polar surface area (TPSA) is 75.9 Å². The average Bonchev–Trinajstić information content (AvgIpc) is 3.16. The van der Waals surface area contributed by atoms with Gasteiger partial charge in [-0.3, -0.25) is 4.79 Å². The Morgan fingerprint density at radius 3 is 2.48 bits per heavy atom. The summed E-state index contributed by atoms with van der Waals surface area (Å²) in [4.78, 5) is 18.1. The van der Waals surface area contributed by atoms with Gasteiger partial charge < -0.3 is 10.2 Å². The van der Waals surface area contributed by atoms with Crippen LogP contribution in [0.2, 0.25) is 0 Å². The van der Waals surface area contributed by atoms with Crippen molar-refractivity contribution in [2.45, 2.75) is 25.4 Å². The third-order valence-corrected chi connectivity index (χ3v) is 4.73. The van der Waals surface area contributed by atoms with E-state index in [1.807, 2.05) is 7.05 Å². The van der Waals surface area contributed by atoms with Crippen molar-refractivity contribution < 1.29 is 18.0 Å². The van der Waals surface area contributed by atoms with Gasteiger partial charge in [0.1, 0.15) is 0 Å². The lowest BCUT2D eigenvalue weighted by molar-refractivity contribution is -0.137. The third-order valence-electron chi connectivity index (χ3n) is 4.73. The van der Waals surface area contributed by atoms with Crippen LogP contribution in [0, 0.1) is 5.92 Å². The number of aromatic nitrogens is 4. The summed E-state index contributed by atoms with van der Waals surface area (Å²) in [5, 5.41) is 10.8. The third kappa shape index (κ3) is 6.28. The van der Waals surface area contributed by atoms with Crippen LogP contribution in [0.4, 0.5) is 13.2 Å². The number of carbonyl (C=O) groups is 1. The molecule has 3 heterocycles. The van der Waals surface area contributed by atoms with E-state index in [9.17, 15) is 18.0 Å². The molecule has 7 nitrogen and oxygen atoms in total. The van der Waals surface area contributed by atoms with Crippen molar-refractivity contribution in [1.29, 1.82) is 0 Å². The lowest BCUT2D eigenvalue weighted by Gasteiger charge is -2.31. The van der Waals surface area contributed by atoms with Crippen LogP contribution in [-0.2, 0) is 6.18 Å². The molecule has 0 atom stereocenters. The van der Waals surface area contributed by atoms with Gasteiger partial charge in [0.05, 0.1) is 11.8 Å². The summed E-state index contributed by atoms with van der Waals surface area (Å²) in [5.74, 6) is 0.550. The molecule has 0 aliphatic carbocycles. The number of nitrogens with zero attached hydrogens (tertiary/aromatic N) is 5. The first-order valence-corrected chi connectivity index (χ1v) is 8.78. The molecule has 0 bridgehead atoms. The van der Waals surface area contributed by atoms with Gasteiger partial charge in [-0.2, -0.15) is 13.2 Å². The van der Waals surface area contributed by atoms with Gasteiger partial charge in [-0.15, -0.1) is 29.9 Å².